The van der Waals surface area contributed by atoms with Crippen LogP contribution in [-0.2, 0) is 9.53 Å². The molecule has 1 aromatic rings. The molecular formula is C23H32N2O4. The summed E-state index contributed by atoms with van der Waals surface area (Å²) in [6.07, 6.45) is 5.69. The number of nitrogens with zero attached hydrogens (tertiary/aromatic N) is 2. The normalized spacial score (nSPS) is 24.0. The molecule has 2 amide bonds. The summed E-state index contributed by atoms with van der Waals surface area (Å²) in [6, 6.07) is 6.99. The summed E-state index contributed by atoms with van der Waals surface area (Å²) in [4.78, 5) is 31.2. The summed E-state index contributed by atoms with van der Waals surface area (Å²) in [7, 11) is 0. The molecule has 1 unspecified atom stereocenters. The molecule has 6 heteroatoms. The Morgan fingerprint density at radius 3 is 2.52 bits per heavy atom. The lowest BCUT2D eigenvalue weighted by molar-refractivity contribution is -0.147. The number of carbonyl (C=O) groups excluding carboxylic acids is 2. The summed E-state index contributed by atoms with van der Waals surface area (Å²) in [5, 5.41) is 0. The van der Waals surface area contributed by atoms with Gasteiger partial charge in [-0.2, -0.15) is 0 Å². The van der Waals surface area contributed by atoms with Crippen molar-refractivity contribution in [3.05, 3.63) is 29.8 Å². The zero-order valence-electron chi connectivity index (χ0n) is 17.4. The summed E-state index contributed by atoms with van der Waals surface area (Å²) in [5.74, 6) is 0.641. The van der Waals surface area contributed by atoms with Crippen molar-refractivity contribution >= 4 is 11.8 Å². The molecule has 0 aromatic heterocycles. The fraction of sp³-hybridized carbons (Fsp3) is 0.652. The summed E-state index contributed by atoms with van der Waals surface area (Å²) < 4.78 is 11.4. The van der Waals surface area contributed by atoms with Crippen LogP contribution in [0, 0.1) is 5.41 Å². The van der Waals surface area contributed by atoms with Gasteiger partial charge in [-0.25, -0.2) is 0 Å². The average Bonchev–Trinajstić information content (AvgIpc) is 3.29. The molecule has 0 aliphatic carbocycles. The fourth-order valence-electron chi connectivity index (χ4n) is 5.30. The van der Waals surface area contributed by atoms with Crippen molar-refractivity contribution < 1.29 is 19.1 Å². The Morgan fingerprint density at radius 2 is 1.79 bits per heavy atom. The molecule has 3 saturated heterocycles. The largest absolute Gasteiger partial charge is 0.493 e. The van der Waals surface area contributed by atoms with E-state index >= 15 is 0 Å². The molecule has 158 valence electrons. The molecule has 3 aliphatic rings. The molecule has 0 saturated carbocycles. The monoisotopic (exact) mass is 400 g/mol. The first-order valence-corrected chi connectivity index (χ1v) is 11.1. The predicted octanol–water partition coefficient (Wildman–Crippen LogP) is 3.11. The number of rotatable bonds is 4. The molecule has 6 nitrogen and oxygen atoms in total. The van der Waals surface area contributed by atoms with E-state index in [1.54, 1.807) is 0 Å². The number of amides is 2. The minimum absolute atomic E-state index is 0.0860. The molecule has 3 heterocycles. The summed E-state index contributed by atoms with van der Waals surface area (Å²) in [5.41, 5.74) is 0.379. The molecule has 0 radical (unpaired) electrons. The lowest BCUT2D eigenvalue weighted by atomic mass is 9.67. The van der Waals surface area contributed by atoms with Crippen LogP contribution in [-0.4, -0.2) is 67.1 Å². The van der Waals surface area contributed by atoms with Gasteiger partial charge in [0, 0.05) is 38.3 Å². The van der Waals surface area contributed by atoms with Crippen LogP contribution in [0.3, 0.4) is 0 Å². The van der Waals surface area contributed by atoms with Crippen molar-refractivity contribution in [3.63, 3.8) is 0 Å². The second-order valence-electron chi connectivity index (χ2n) is 8.44. The highest BCUT2D eigenvalue weighted by atomic mass is 16.5. The highest BCUT2D eigenvalue weighted by Gasteiger charge is 2.52. The van der Waals surface area contributed by atoms with Gasteiger partial charge in [0.25, 0.3) is 5.91 Å². The maximum atomic E-state index is 13.7. The van der Waals surface area contributed by atoms with Gasteiger partial charge in [0.15, 0.2) is 0 Å². The van der Waals surface area contributed by atoms with Crippen LogP contribution < -0.4 is 4.74 Å². The Balaban J connectivity index is 1.69. The lowest BCUT2D eigenvalue weighted by Crippen LogP contribution is -2.62. The van der Waals surface area contributed by atoms with E-state index in [4.69, 9.17) is 9.47 Å². The third-order valence-corrected chi connectivity index (χ3v) is 6.78. The average molecular weight is 401 g/mol. The van der Waals surface area contributed by atoms with Crippen LogP contribution in [0.15, 0.2) is 24.3 Å². The number of piperidine rings is 1. The minimum atomic E-state index is -0.402. The Morgan fingerprint density at radius 1 is 1.07 bits per heavy atom. The van der Waals surface area contributed by atoms with Gasteiger partial charge in [-0.05, 0) is 57.6 Å². The Labute approximate surface area is 173 Å². The van der Waals surface area contributed by atoms with Gasteiger partial charge in [-0.15, -0.1) is 0 Å². The number of hydrogen-bond acceptors (Lipinski definition) is 4. The zero-order chi connectivity index (χ0) is 20.3. The molecule has 3 aliphatic heterocycles. The van der Waals surface area contributed by atoms with Crippen molar-refractivity contribution in [2.45, 2.75) is 51.5 Å². The molecule has 3 fully saturated rings. The SMILES string of the molecule is CCOc1ccccc1C(=O)N1CCCC2(CCOCC2)C1C(=O)N1CCCC1. The van der Waals surface area contributed by atoms with E-state index in [1.807, 2.05) is 41.0 Å². The van der Waals surface area contributed by atoms with Gasteiger partial charge >= 0.3 is 0 Å². The quantitative estimate of drug-likeness (QED) is 0.779. The van der Waals surface area contributed by atoms with Gasteiger partial charge in [-0.3, -0.25) is 9.59 Å². The number of benzene rings is 1. The van der Waals surface area contributed by atoms with Crippen LogP contribution in [0.2, 0.25) is 0 Å². The van der Waals surface area contributed by atoms with Gasteiger partial charge < -0.3 is 19.3 Å². The third-order valence-electron chi connectivity index (χ3n) is 6.78. The molecule has 0 N–H and O–H groups in total. The number of likely N-dealkylation sites (tertiary alicyclic amines) is 2. The van der Waals surface area contributed by atoms with Crippen LogP contribution in [0.5, 0.6) is 5.75 Å². The smallest absolute Gasteiger partial charge is 0.258 e. The molecule has 4 rings (SSSR count). The molecule has 0 bridgehead atoms. The maximum absolute atomic E-state index is 13.7. The van der Waals surface area contributed by atoms with Crippen LogP contribution >= 0.6 is 0 Å². The fourth-order valence-corrected chi connectivity index (χ4v) is 5.30. The molecular weight excluding hydrogens is 368 g/mol. The second kappa shape index (κ2) is 8.74. The summed E-state index contributed by atoms with van der Waals surface area (Å²) >= 11 is 0. The highest BCUT2D eigenvalue weighted by Crippen LogP contribution is 2.45. The number of carbonyl (C=O) groups is 2. The topological polar surface area (TPSA) is 59.1 Å². The Bertz CT molecular complexity index is 733. The first-order valence-electron chi connectivity index (χ1n) is 11.1. The number of ether oxygens (including phenoxy) is 2. The minimum Gasteiger partial charge on any atom is -0.493 e. The lowest BCUT2D eigenvalue weighted by Gasteiger charge is -2.51. The van der Waals surface area contributed by atoms with Crippen LogP contribution in [0.1, 0.15) is 55.8 Å². The Kier molecular flexibility index (Phi) is 6.09. The van der Waals surface area contributed by atoms with Crippen molar-refractivity contribution in [2.24, 2.45) is 5.41 Å². The summed E-state index contributed by atoms with van der Waals surface area (Å²) in [6.45, 7) is 5.98. The molecule has 1 spiro atoms. The standard InChI is InChI=1S/C23H32N2O4/c1-2-29-19-9-4-3-8-18(19)21(26)25-15-7-10-23(11-16-28-17-12-23)20(25)22(27)24-13-5-6-14-24/h3-4,8-9,20H,2,5-7,10-17H2,1H3. The third kappa shape index (κ3) is 3.87. The first-order chi connectivity index (χ1) is 14.2. The van der Waals surface area contributed by atoms with Gasteiger partial charge in [0.1, 0.15) is 11.8 Å². The highest BCUT2D eigenvalue weighted by molar-refractivity contribution is 6.00. The molecule has 1 aromatic carbocycles. The van der Waals surface area contributed by atoms with E-state index in [-0.39, 0.29) is 17.2 Å². The van der Waals surface area contributed by atoms with Crippen LogP contribution in [0.25, 0.3) is 0 Å². The Hall–Kier alpha value is -2.08. The van der Waals surface area contributed by atoms with Gasteiger partial charge in [0.05, 0.1) is 12.2 Å². The van der Waals surface area contributed by atoms with E-state index in [0.29, 0.717) is 37.7 Å². The van der Waals surface area contributed by atoms with Crippen molar-refractivity contribution in [2.75, 3.05) is 39.5 Å². The van der Waals surface area contributed by atoms with E-state index in [1.165, 1.54) is 0 Å². The van der Waals surface area contributed by atoms with E-state index in [2.05, 4.69) is 0 Å². The van der Waals surface area contributed by atoms with E-state index in [0.717, 1.165) is 51.6 Å². The van der Waals surface area contributed by atoms with Gasteiger partial charge in [0.2, 0.25) is 5.91 Å². The maximum Gasteiger partial charge on any atom is 0.258 e. The van der Waals surface area contributed by atoms with Crippen molar-refractivity contribution in [3.8, 4) is 5.75 Å². The predicted molar refractivity (Wildman–Crippen MR) is 110 cm³/mol. The van der Waals surface area contributed by atoms with Gasteiger partial charge in [-0.1, -0.05) is 12.1 Å². The first kappa shape index (κ1) is 20.2. The zero-order valence-corrected chi connectivity index (χ0v) is 17.4. The molecule has 29 heavy (non-hydrogen) atoms. The number of para-hydroxylation sites is 1. The van der Waals surface area contributed by atoms with E-state index < -0.39 is 6.04 Å². The number of hydrogen-bond donors (Lipinski definition) is 0. The van der Waals surface area contributed by atoms with Crippen molar-refractivity contribution in [1.29, 1.82) is 0 Å². The van der Waals surface area contributed by atoms with E-state index in [9.17, 15) is 9.59 Å². The van der Waals surface area contributed by atoms with Crippen LogP contribution in [0.4, 0.5) is 0 Å². The molecule has 1 atom stereocenters. The second-order valence-corrected chi connectivity index (χ2v) is 8.44. The van der Waals surface area contributed by atoms with Crippen molar-refractivity contribution in [1.82, 2.24) is 9.80 Å².